The third-order valence-corrected chi connectivity index (χ3v) is 3.32. The minimum atomic E-state index is -0.917. The Kier molecular flexibility index (Phi) is 2.32. The highest BCUT2D eigenvalue weighted by Gasteiger charge is 2.42. The zero-order chi connectivity index (χ0) is 9.47. The summed E-state index contributed by atoms with van der Waals surface area (Å²) >= 11 is 0. The Balaban J connectivity index is 1.78. The first-order valence-electron chi connectivity index (χ1n) is 5.25. The predicted molar refractivity (Wildman–Crippen MR) is 51.3 cm³/mol. The van der Waals surface area contributed by atoms with Crippen LogP contribution in [0, 0.1) is 0 Å². The SMILES string of the molecule is CC1(F)CN(C2CCC(N)CC2)C1. The lowest BCUT2D eigenvalue weighted by Crippen LogP contribution is -2.61. The highest BCUT2D eigenvalue weighted by molar-refractivity contribution is 4.96. The minimum absolute atomic E-state index is 0.397. The summed E-state index contributed by atoms with van der Waals surface area (Å²) < 4.78 is 13.2. The Bertz CT molecular complexity index is 177. The summed E-state index contributed by atoms with van der Waals surface area (Å²) in [4.78, 5) is 2.27. The fourth-order valence-corrected chi connectivity index (χ4v) is 2.53. The van der Waals surface area contributed by atoms with E-state index in [0.29, 0.717) is 25.2 Å². The van der Waals surface area contributed by atoms with E-state index in [9.17, 15) is 4.39 Å². The number of halogens is 1. The fourth-order valence-electron chi connectivity index (χ4n) is 2.53. The van der Waals surface area contributed by atoms with Gasteiger partial charge in [0.1, 0.15) is 5.67 Å². The molecule has 2 nitrogen and oxygen atoms in total. The van der Waals surface area contributed by atoms with Gasteiger partial charge in [-0.3, -0.25) is 4.90 Å². The summed E-state index contributed by atoms with van der Waals surface area (Å²) in [6, 6.07) is 1.01. The van der Waals surface area contributed by atoms with Crippen molar-refractivity contribution in [3.8, 4) is 0 Å². The summed E-state index contributed by atoms with van der Waals surface area (Å²) in [5, 5.41) is 0. The van der Waals surface area contributed by atoms with Gasteiger partial charge in [-0.1, -0.05) is 0 Å². The first-order chi connectivity index (χ1) is 6.07. The van der Waals surface area contributed by atoms with Crippen LogP contribution >= 0.6 is 0 Å². The fraction of sp³-hybridized carbons (Fsp3) is 1.00. The van der Waals surface area contributed by atoms with Gasteiger partial charge in [-0.15, -0.1) is 0 Å². The molecule has 1 aliphatic heterocycles. The molecule has 2 rings (SSSR count). The van der Waals surface area contributed by atoms with Crippen molar-refractivity contribution >= 4 is 0 Å². The maximum absolute atomic E-state index is 13.2. The molecule has 76 valence electrons. The van der Waals surface area contributed by atoms with Gasteiger partial charge in [0, 0.05) is 25.2 Å². The molecule has 0 bridgehead atoms. The molecule has 1 aliphatic carbocycles. The Labute approximate surface area is 79.3 Å². The molecular formula is C10H19FN2. The molecule has 1 heterocycles. The molecule has 2 aliphatic rings. The molecule has 0 radical (unpaired) electrons. The van der Waals surface area contributed by atoms with Gasteiger partial charge in [-0.05, 0) is 32.6 Å². The average molecular weight is 186 g/mol. The summed E-state index contributed by atoms with van der Waals surface area (Å²) in [7, 11) is 0. The van der Waals surface area contributed by atoms with Crippen LogP contribution in [0.4, 0.5) is 4.39 Å². The van der Waals surface area contributed by atoms with Crippen molar-refractivity contribution < 1.29 is 4.39 Å². The molecule has 0 aromatic heterocycles. The van der Waals surface area contributed by atoms with E-state index in [0.717, 1.165) is 25.7 Å². The van der Waals surface area contributed by atoms with E-state index >= 15 is 0 Å². The third kappa shape index (κ3) is 2.02. The van der Waals surface area contributed by atoms with Crippen LogP contribution in [0.15, 0.2) is 0 Å². The molecule has 13 heavy (non-hydrogen) atoms. The maximum Gasteiger partial charge on any atom is 0.133 e. The van der Waals surface area contributed by atoms with Crippen LogP contribution in [0.3, 0.4) is 0 Å². The van der Waals surface area contributed by atoms with Crippen molar-refractivity contribution in [3.63, 3.8) is 0 Å². The van der Waals surface area contributed by atoms with E-state index in [1.54, 1.807) is 6.92 Å². The zero-order valence-corrected chi connectivity index (χ0v) is 8.30. The number of likely N-dealkylation sites (tertiary alicyclic amines) is 1. The first-order valence-corrected chi connectivity index (χ1v) is 5.25. The quantitative estimate of drug-likeness (QED) is 0.669. The van der Waals surface area contributed by atoms with Crippen LogP contribution in [0.2, 0.25) is 0 Å². The van der Waals surface area contributed by atoms with Gasteiger partial charge in [0.25, 0.3) is 0 Å². The standard InChI is InChI=1S/C10H19FN2/c1-10(11)6-13(7-10)9-4-2-8(12)3-5-9/h8-9H,2-7,12H2,1H3. The van der Waals surface area contributed by atoms with Gasteiger partial charge < -0.3 is 5.73 Å². The van der Waals surface area contributed by atoms with E-state index < -0.39 is 5.67 Å². The van der Waals surface area contributed by atoms with E-state index in [2.05, 4.69) is 4.90 Å². The Morgan fingerprint density at radius 1 is 1.23 bits per heavy atom. The van der Waals surface area contributed by atoms with Crippen molar-refractivity contribution in [2.24, 2.45) is 5.73 Å². The second-order valence-electron chi connectivity index (χ2n) is 4.89. The highest BCUT2D eigenvalue weighted by atomic mass is 19.1. The van der Waals surface area contributed by atoms with Gasteiger partial charge in [-0.2, -0.15) is 0 Å². The Morgan fingerprint density at radius 3 is 2.23 bits per heavy atom. The molecule has 2 N–H and O–H groups in total. The average Bonchev–Trinajstić information content (AvgIpc) is 2.01. The second kappa shape index (κ2) is 3.21. The molecule has 0 spiro atoms. The largest absolute Gasteiger partial charge is 0.328 e. The molecule has 2 fully saturated rings. The number of nitrogens with zero attached hydrogens (tertiary/aromatic N) is 1. The maximum atomic E-state index is 13.2. The van der Waals surface area contributed by atoms with E-state index in [1.807, 2.05) is 0 Å². The van der Waals surface area contributed by atoms with Crippen LogP contribution < -0.4 is 5.73 Å². The molecule has 0 aromatic carbocycles. The van der Waals surface area contributed by atoms with Crippen LogP contribution in [-0.2, 0) is 0 Å². The molecule has 1 saturated carbocycles. The highest BCUT2D eigenvalue weighted by Crippen LogP contribution is 2.32. The number of hydrogen-bond acceptors (Lipinski definition) is 2. The number of hydrogen-bond donors (Lipinski definition) is 1. The van der Waals surface area contributed by atoms with Crippen molar-refractivity contribution in [2.75, 3.05) is 13.1 Å². The first kappa shape index (κ1) is 9.41. The second-order valence-corrected chi connectivity index (χ2v) is 4.89. The van der Waals surface area contributed by atoms with E-state index in [-0.39, 0.29) is 0 Å². The van der Waals surface area contributed by atoms with Crippen molar-refractivity contribution in [3.05, 3.63) is 0 Å². The lowest BCUT2D eigenvalue weighted by Gasteiger charge is -2.48. The van der Waals surface area contributed by atoms with Crippen molar-refractivity contribution in [2.45, 2.75) is 50.4 Å². The minimum Gasteiger partial charge on any atom is -0.328 e. The van der Waals surface area contributed by atoms with E-state index in [1.165, 1.54) is 0 Å². The molecule has 1 saturated heterocycles. The van der Waals surface area contributed by atoms with Crippen LogP contribution in [0.25, 0.3) is 0 Å². The van der Waals surface area contributed by atoms with Gasteiger partial charge in [-0.25, -0.2) is 4.39 Å². The van der Waals surface area contributed by atoms with E-state index in [4.69, 9.17) is 5.73 Å². The lowest BCUT2D eigenvalue weighted by atomic mass is 9.86. The molecular weight excluding hydrogens is 167 g/mol. The molecule has 0 unspecified atom stereocenters. The number of alkyl halides is 1. The summed E-state index contributed by atoms with van der Waals surface area (Å²) in [5.41, 5.74) is 4.90. The summed E-state index contributed by atoms with van der Waals surface area (Å²) in [6.07, 6.45) is 4.56. The Morgan fingerprint density at radius 2 is 1.77 bits per heavy atom. The Hall–Kier alpha value is -0.150. The normalized spacial score (nSPS) is 39.9. The third-order valence-electron chi connectivity index (χ3n) is 3.32. The van der Waals surface area contributed by atoms with Gasteiger partial charge >= 0.3 is 0 Å². The molecule has 3 heteroatoms. The summed E-state index contributed by atoms with van der Waals surface area (Å²) in [6.45, 7) is 2.96. The zero-order valence-electron chi connectivity index (χ0n) is 8.30. The molecule has 0 aromatic rings. The number of rotatable bonds is 1. The summed E-state index contributed by atoms with van der Waals surface area (Å²) in [5.74, 6) is 0. The van der Waals surface area contributed by atoms with Crippen LogP contribution in [0.5, 0.6) is 0 Å². The van der Waals surface area contributed by atoms with Gasteiger partial charge in [0.05, 0.1) is 0 Å². The van der Waals surface area contributed by atoms with Crippen LogP contribution in [-0.4, -0.2) is 35.7 Å². The molecule has 0 atom stereocenters. The molecule has 0 amide bonds. The smallest absolute Gasteiger partial charge is 0.133 e. The van der Waals surface area contributed by atoms with Crippen molar-refractivity contribution in [1.29, 1.82) is 0 Å². The monoisotopic (exact) mass is 186 g/mol. The predicted octanol–water partition coefficient (Wildman–Crippen LogP) is 1.30. The topological polar surface area (TPSA) is 29.3 Å². The lowest BCUT2D eigenvalue weighted by molar-refractivity contribution is -0.0533. The number of nitrogens with two attached hydrogens (primary N) is 1. The van der Waals surface area contributed by atoms with Crippen LogP contribution in [0.1, 0.15) is 32.6 Å². The van der Waals surface area contributed by atoms with Crippen molar-refractivity contribution in [1.82, 2.24) is 4.90 Å². The van der Waals surface area contributed by atoms with Gasteiger partial charge in [0.15, 0.2) is 0 Å². The van der Waals surface area contributed by atoms with Gasteiger partial charge in [0.2, 0.25) is 0 Å².